The standard InChI is InChI=1S/C24H32O4S/c1-16-14-21(17(2)18(3)22(16)25)29-13-10-19-8-6-9-20(15-19)28-12-7-11-24(4,5)23(26)27/h6,8-9,14-15,25H,7,10-13H2,1-5H3,(H,26,27). The highest BCUT2D eigenvalue weighted by molar-refractivity contribution is 7.99. The topological polar surface area (TPSA) is 66.8 Å². The number of hydrogen-bond donors (Lipinski definition) is 2. The molecule has 0 bridgehead atoms. The van der Waals surface area contributed by atoms with Gasteiger partial charge in [-0.05, 0) is 94.3 Å². The first-order chi connectivity index (χ1) is 13.6. The van der Waals surface area contributed by atoms with Crippen LogP contribution in [0.4, 0.5) is 0 Å². The molecule has 0 spiro atoms. The number of hydrogen-bond acceptors (Lipinski definition) is 4. The number of rotatable bonds is 10. The molecule has 4 nitrogen and oxygen atoms in total. The Hall–Kier alpha value is -2.14. The quantitative estimate of drug-likeness (QED) is 0.372. The van der Waals surface area contributed by atoms with Gasteiger partial charge in [-0.1, -0.05) is 12.1 Å². The molecule has 2 aromatic carbocycles. The predicted octanol–water partition coefficient (Wildman–Crippen LogP) is 5.92. The molecule has 0 radical (unpaired) electrons. The number of thioether (sulfide) groups is 1. The zero-order chi connectivity index (χ0) is 21.6. The third-order valence-electron chi connectivity index (χ3n) is 5.35. The van der Waals surface area contributed by atoms with Crippen molar-refractivity contribution < 1.29 is 19.7 Å². The van der Waals surface area contributed by atoms with E-state index in [1.165, 1.54) is 10.5 Å². The molecule has 2 rings (SSSR count). The molecule has 0 saturated heterocycles. The van der Waals surface area contributed by atoms with Gasteiger partial charge >= 0.3 is 5.97 Å². The van der Waals surface area contributed by atoms with Gasteiger partial charge in [-0.25, -0.2) is 0 Å². The van der Waals surface area contributed by atoms with Crippen LogP contribution in [0.3, 0.4) is 0 Å². The molecule has 0 heterocycles. The highest BCUT2D eigenvalue weighted by Gasteiger charge is 2.26. The number of carboxylic acids is 1. The zero-order valence-electron chi connectivity index (χ0n) is 18.0. The van der Waals surface area contributed by atoms with Crippen LogP contribution in [0.15, 0.2) is 35.2 Å². The van der Waals surface area contributed by atoms with Crippen molar-refractivity contribution in [2.75, 3.05) is 12.4 Å². The van der Waals surface area contributed by atoms with Crippen LogP contribution in [0.25, 0.3) is 0 Å². The highest BCUT2D eigenvalue weighted by Crippen LogP contribution is 2.33. The summed E-state index contributed by atoms with van der Waals surface area (Å²) in [4.78, 5) is 12.4. The average Bonchev–Trinajstić information content (AvgIpc) is 2.68. The number of ether oxygens (including phenoxy) is 1. The monoisotopic (exact) mass is 416 g/mol. The van der Waals surface area contributed by atoms with E-state index in [9.17, 15) is 9.90 Å². The molecule has 5 heteroatoms. The summed E-state index contributed by atoms with van der Waals surface area (Å²) in [5, 5.41) is 19.2. The molecule has 158 valence electrons. The molecule has 0 aliphatic carbocycles. The molecule has 2 aromatic rings. The maximum atomic E-state index is 11.2. The van der Waals surface area contributed by atoms with E-state index in [2.05, 4.69) is 25.1 Å². The van der Waals surface area contributed by atoms with Crippen LogP contribution in [0.1, 0.15) is 48.9 Å². The van der Waals surface area contributed by atoms with Crippen molar-refractivity contribution in [2.45, 2.75) is 58.8 Å². The Kier molecular flexibility index (Phi) is 8.03. The SMILES string of the molecule is Cc1cc(SCCc2cccc(OCCCC(C)(C)C(=O)O)c2)c(C)c(C)c1O. The van der Waals surface area contributed by atoms with Gasteiger partial charge in [-0.3, -0.25) is 4.79 Å². The van der Waals surface area contributed by atoms with Crippen LogP contribution < -0.4 is 4.74 Å². The highest BCUT2D eigenvalue weighted by atomic mass is 32.2. The summed E-state index contributed by atoms with van der Waals surface area (Å²) < 4.78 is 5.82. The molecule has 2 N–H and O–H groups in total. The summed E-state index contributed by atoms with van der Waals surface area (Å²) in [5.41, 5.74) is 3.50. The van der Waals surface area contributed by atoms with Crippen molar-refractivity contribution in [1.29, 1.82) is 0 Å². The molecule has 29 heavy (non-hydrogen) atoms. The van der Waals surface area contributed by atoms with Gasteiger partial charge in [0.05, 0.1) is 12.0 Å². The summed E-state index contributed by atoms with van der Waals surface area (Å²) >= 11 is 1.80. The predicted molar refractivity (Wildman–Crippen MR) is 119 cm³/mol. The van der Waals surface area contributed by atoms with Gasteiger partial charge < -0.3 is 14.9 Å². The lowest BCUT2D eigenvalue weighted by atomic mass is 9.88. The average molecular weight is 417 g/mol. The lowest BCUT2D eigenvalue weighted by Crippen LogP contribution is -2.24. The van der Waals surface area contributed by atoms with Gasteiger partial charge in [0.1, 0.15) is 11.5 Å². The molecule has 0 saturated carbocycles. The van der Waals surface area contributed by atoms with Gasteiger partial charge in [0.25, 0.3) is 0 Å². The molecule has 0 unspecified atom stereocenters. The molecule has 0 atom stereocenters. The second-order valence-corrected chi connectivity index (χ2v) is 9.31. The first kappa shape index (κ1) is 23.1. The second kappa shape index (κ2) is 10.1. The van der Waals surface area contributed by atoms with E-state index < -0.39 is 11.4 Å². The number of aromatic hydroxyl groups is 1. The Morgan fingerprint density at radius 1 is 1.14 bits per heavy atom. The lowest BCUT2D eigenvalue weighted by molar-refractivity contribution is -0.147. The zero-order valence-corrected chi connectivity index (χ0v) is 18.9. The molecule has 0 fully saturated rings. The van der Waals surface area contributed by atoms with Crippen LogP contribution in [-0.2, 0) is 11.2 Å². The van der Waals surface area contributed by atoms with Crippen LogP contribution >= 0.6 is 11.8 Å². The van der Waals surface area contributed by atoms with E-state index in [-0.39, 0.29) is 0 Å². The smallest absolute Gasteiger partial charge is 0.309 e. The normalized spacial score (nSPS) is 11.5. The van der Waals surface area contributed by atoms with Crippen LogP contribution in [-0.4, -0.2) is 28.5 Å². The molecule has 0 aromatic heterocycles. The lowest BCUT2D eigenvalue weighted by Gasteiger charge is -2.18. The summed E-state index contributed by atoms with van der Waals surface area (Å²) in [6.45, 7) is 9.94. The number of aryl methyl sites for hydroxylation is 2. The van der Waals surface area contributed by atoms with Gasteiger partial charge in [-0.2, -0.15) is 0 Å². The first-order valence-electron chi connectivity index (χ1n) is 9.99. The molecule has 0 aliphatic rings. The number of carboxylic acid groups (broad SMARTS) is 1. The van der Waals surface area contributed by atoms with Crippen molar-refractivity contribution >= 4 is 17.7 Å². The minimum absolute atomic E-state index is 0.392. The maximum Gasteiger partial charge on any atom is 0.309 e. The summed E-state index contributed by atoms with van der Waals surface area (Å²) in [6, 6.07) is 10.1. The van der Waals surface area contributed by atoms with E-state index in [4.69, 9.17) is 9.84 Å². The number of aliphatic carboxylic acids is 1. The number of benzene rings is 2. The molecular weight excluding hydrogens is 384 g/mol. The number of phenols is 1. The van der Waals surface area contributed by atoms with Crippen LogP contribution in [0, 0.1) is 26.2 Å². The Labute approximate surface area is 178 Å². The third kappa shape index (κ3) is 6.43. The van der Waals surface area contributed by atoms with E-state index in [0.29, 0.717) is 25.2 Å². The minimum atomic E-state index is -0.772. The summed E-state index contributed by atoms with van der Waals surface area (Å²) in [6.07, 6.45) is 2.22. The van der Waals surface area contributed by atoms with Crippen LogP contribution in [0.2, 0.25) is 0 Å². The van der Waals surface area contributed by atoms with Crippen LogP contribution in [0.5, 0.6) is 11.5 Å². The Balaban J connectivity index is 1.85. The van der Waals surface area contributed by atoms with E-state index >= 15 is 0 Å². The van der Waals surface area contributed by atoms with Crippen molar-refractivity contribution in [3.63, 3.8) is 0 Å². The second-order valence-electron chi connectivity index (χ2n) is 8.18. The number of phenolic OH excluding ortho intramolecular Hbond substituents is 1. The molecule has 0 amide bonds. The fraction of sp³-hybridized carbons (Fsp3) is 0.458. The Morgan fingerprint density at radius 3 is 2.55 bits per heavy atom. The minimum Gasteiger partial charge on any atom is -0.507 e. The van der Waals surface area contributed by atoms with E-state index in [1.807, 2.05) is 26.0 Å². The van der Waals surface area contributed by atoms with E-state index in [1.54, 1.807) is 25.6 Å². The van der Waals surface area contributed by atoms with E-state index in [0.717, 1.165) is 34.6 Å². The summed E-state index contributed by atoms with van der Waals surface area (Å²) in [5.74, 6) is 1.39. The van der Waals surface area contributed by atoms with Crippen molar-refractivity contribution in [2.24, 2.45) is 5.41 Å². The molecular formula is C24H32O4S. The van der Waals surface area contributed by atoms with Crippen molar-refractivity contribution in [3.8, 4) is 11.5 Å². The largest absolute Gasteiger partial charge is 0.507 e. The number of carbonyl (C=O) groups is 1. The van der Waals surface area contributed by atoms with Gasteiger partial charge in [0.2, 0.25) is 0 Å². The first-order valence-corrected chi connectivity index (χ1v) is 11.0. The fourth-order valence-corrected chi connectivity index (χ4v) is 4.25. The van der Waals surface area contributed by atoms with Gasteiger partial charge in [0, 0.05) is 10.6 Å². The van der Waals surface area contributed by atoms with Gasteiger partial charge in [0.15, 0.2) is 0 Å². The fourth-order valence-electron chi connectivity index (χ4n) is 3.06. The Morgan fingerprint density at radius 2 is 1.86 bits per heavy atom. The molecule has 0 aliphatic heterocycles. The van der Waals surface area contributed by atoms with Gasteiger partial charge in [-0.15, -0.1) is 11.8 Å². The summed E-state index contributed by atoms with van der Waals surface area (Å²) in [7, 11) is 0. The Bertz CT molecular complexity index is 858. The third-order valence-corrected chi connectivity index (χ3v) is 6.49. The maximum absolute atomic E-state index is 11.2. The van der Waals surface area contributed by atoms with Crippen molar-refractivity contribution in [1.82, 2.24) is 0 Å². The van der Waals surface area contributed by atoms with Crippen molar-refractivity contribution in [3.05, 3.63) is 52.6 Å².